The first-order chi connectivity index (χ1) is 12.5. The lowest BCUT2D eigenvalue weighted by atomic mass is 10.1. The number of amides is 2. The van der Waals surface area contributed by atoms with Crippen molar-refractivity contribution < 1.29 is 9.59 Å². The minimum Gasteiger partial charge on any atom is -0.339 e. The molecule has 144 valence electrons. The fraction of sp³-hybridized carbons (Fsp3) is 0.333. The average molecular weight is 388 g/mol. The highest BCUT2D eigenvalue weighted by molar-refractivity contribution is 5.98. The molecule has 1 atom stereocenters. The largest absolute Gasteiger partial charge is 0.339 e. The third kappa shape index (κ3) is 5.31. The summed E-state index contributed by atoms with van der Waals surface area (Å²) in [6.07, 6.45) is 2.62. The maximum atomic E-state index is 12.5. The Bertz CT molecular complexity index is 789. The summed E-state index contributed by atoms with van der Waals surface area (Å²) in [5.74, 6) is -0.167. The molecule has 2 aromatic rings. The van der Waals surface area contributed by atoms with E-state index in [-0.39, 0.29) is 24.2 Å². The fourth-order valence-electron chi connectivity index (χ4n) is 3.23. The number of nitrogens with zero attached hydrogens (tertiary/aromatic N) is 1. The summed E-state index contributed by atoms with van der Waals surface area (Å²) in [4.78, 5) is 26.7. The molecular formula is C21H26ClN3O2. The molecule has 3 rings (SSSR count). The molecule has 0 radical (unpaired) electrons. The lowest BCUT2D eigenvalue weighted by molar-refractivity contribution is -0.117. The third-order valence-electron chi connectivity index (χ3n) is 4.76. The zero-order valence-electron chi connectivity index (χ0n) is 15.5. The highest BCUT2D eigenvalue weighted by atomic mass is 35.5. The van der Waals surface area contributed by atoms with E-state index in [1.807, 2.05) is 48.2 Å². The van der Waals surface area contributed by atoms with Gasteiger partial charge in [-0.05, 0) is 55.5 Å². The SMILES string of the molecule is Cc1cc(C(=O)N2CCCC2)ccc1NC(=O)[C@@H](N)Cc1ccccc1.Cl. The number of aryl methyl sites for hydroxylation is 1. The van der Waals surface area contributed by atoms with E-state index in [0.29, 0.717) is 17.7 Å². The van der Waals surface area contributed by atoms with E-state index in [1.54, 1.807) is 12.1 Å². The van der Waals surface area contributed by atoms with Crippen LogP contribution in [0.3, 0.4) is 0 Å². The fourth-order valence-corrected chi connectivity index (χ4v) is 3.23. The van der Waals surface area contributed by atoms with Gasteiger partial charge in [0.15, 0.2) is 0 Å². The number of carbonyl (C=O) groups excluding carboxylic acids is 2. The standard InChI is InChI=1S/C21H25N3O2.ClH/c1-15-13-17(21(26)24-11-5-6-12-24)9-10-19(15)23-20(25)18(22)14-16-7-3-2-4-8-16;/h2-4,7-10,13,18H,5-6,11-12,14,22H2,1H3,(H,23,25);1H/t18-;/m0./s1. The number of rotatable bonds is 5. The van der Waals surface area contributed by atoms with E-state index < -0.39 is 6.04 Å². The molecule has 5 nitrogen and oxygen atoms in total. The van der Waals surface area contributed by atoms with Gasteiger partial charge in [-0.3, -0.25) is 9.59 Å². The minimum absolute atomic E-state index is 0. The summed E-state index contributed by atoms with van der Waals surface area (Å²) in [5, 5.41) is 2.88. The van der Waals surface area contributed by atoms with Crippen LogP contribution in [-0.2, 0) is 11.2 Å². The van der Waals surface area contributed by atoms with Crippen LogP contribution in [0.15, 0.2) is 48.5 Å². The number of benzene rings is 2. The molecule has 6 heteroatoms. The van der Waals surface area contributed by atoms with Crippen molar-refractivity contribution >= 4 is 29.9 Å². The first-order valence-corrected chi connectivity index (χ1v) is 9.05. The van der Waals surface area contributed by atoms with E-state index in [0.717, 1.165) is 37.1 Å². The number of halogens is 1. The van der Waals surface area contributed by atoms with Crippen molar-refractivity contribution in [2.24, 2.45) is 5.73 Å². The van der Waals surface area contributed by atoms with Gasteiger partial charge in [0.1, 0.15) is 0 Å². The van der Waals surface area contributed by atoms with E-state index >= 15 is 0 Å². The number of anilines is 1. The molecule has 1 aliphatic heterocycles. The van der Waals surface area contributed by atoms with Gasteiger partial charge in [-0.1, -0.05) is 30.3 Å². The first kappa shape index (κ1) is 20.9. The Hall–Kier alpha value is -2.37. The lowest BCUT2D eigenvalue weighted by Gasteiger charge is -2.17. The smallest absolute Gasteiger partial charge is 0.253 e. The molecule has 1 fully saturated rings. The van der Waals surface area contributed by atoms with Gasteiger partial charge in [0.25, 0.3) is 5.91 Å². The average Bonchev–Trinajstić information content (AvgIpc) is 3.18. The van der Waals surface area contributed by atoms with Crippen molar-refractivity contribution in [2.45, 2.75) is 32.2 Å². The van der Waals surface area contributed by atoms with Crippen molar-refractivity contribution in [2.75, 3.05) is 18.4 Å². The van der Waals surface area contributed by atoms with E-state index in [9.17, 15) is 9.59 Å². The highest BCUT2D eigenvalue weighted by Gasteiger charge is 2.20. The van der Waals surface area contributed by atoms with Crippen molar-refractivity contribution in [3.05, 3.63) is 65.2 Å². The molecule has 2 aromatic carbocycles. The van der Waals surface area contributed by atoms with Gasteiger partial charge in [-0.15, -0.1) is 12.4 Å². The number of nitrogens with one attached hydrogen (secondary N) is 1. The second kappa shape index (κ2) is 9.53. The molecule has 0 bridgehead atoms. The molecular weight excluding hydrogens is 362 g/mol. The molecule has 3 N–H and O–H groups in total. The topological polar surface area (TPSA) is 75.4 Å². The van der Waals surface area contributed by atoms with Crippen LogP contribution in [-0.4, -0.2) is 35.8 Å². The van der Waals surface area contributed by atoms with Crippen LogP contribution >= 0.6 is 12.4 Å². The van der Waals surface area contributed by atoms with Crippen LogP contribution in [0.4, 0.5) is 5.69 Å². The van der Waals surface area contributed by atoms with Crippen molar-refractivity contribution in [1.29, 1.82) is 0 Å². The summed E-state index contributed by atoms with van der Waals surface area (Å²) in [5.41, 5.74) is 9.27. The Kier molecular flexibility index (Phi) is 7.39. The van der Waals surface area contributed by atoms with E-state index in [2.05, 4.69) is 5.32 Å². The maximum absolute atomic E-state index is 12.5. The van der Waals surface area contributed by atoms with Crippen LogP contribution in [0, 0.1) is 6.92 Å². The summed E-state index contributed by atoms with van der Waals surface area (Å²) in [7, 11) is 0. The predicted octanol–water partition coefficient (Wildman–Crippen LogP) is 3.16. The molecule has 0 unspecified atom stereocenters. The number of carbonyl (C=O) groups is 2. The summed E-state index contributed by atoms with van der Waals surface area (Å²) in [6.45, 7) is 3.54. The van der Waals surface area contributed by atoms with Crippen LogP contribution < -0.4 is 11.1 Å². The number of hydrogen-bond acceptors (Lipinski definition) is 3. The zero-order valence-corrected chi connectivity index (χ0v) is 16.3. The van der Waals surface area contributed by atoms with E-state index in [4.69, 9.17) is 5.73 Å². The monoisotopic (exact) mass is 387 g/mol. The van der Waals surface area contributed by atoms with Crippen LogP contribution in [0.5, 0.6) is 0 Å². The quantitative estimate of drug-likeness (QED) is 0.827. The highest BCUT2D eigenvalue weighted by Crippen LogP contribution is 2.20. The lowest BCUT2D eigenvalue weighted by Crippen LogP contribution is -2.37. The van der Waals surface area contributed by atoms with Gasteiger partial charge in [0, 0.05) is 24.3 Å². The van der Waals surface area contributed by atoms with Gasteiger partial charge >= 0.3 is 0 Å². The first-order valence-electron chi connectivity index (χ1n) is 9.05. The number of nitrogens with two attached hydrogens (primary N) is 1. The molecule has 1 aliphatic rings. The Balaban J connectivity index is 0.00000261. The summed E-state index contributed by atoms with van der Waals surface area (Å²) < 4.78 is 0. The molecule has 0 aliphatic carbocycles. The Morgan fingerprint density at radius 3 is 2.41 bits per heavy atom. The second-order valence-corrected chi connectivity index (χ2v) is 6.81. The summed E-state index contributed by atoms with van der Waals surface area (Å²) >= 11 is 0. The van der Waals surface area contributed by atoms with Crippen molar-refractivity contribution in [3.8, 4) is 0 Å². The molecule has 2 amide bonds. The van der Waals surface area contributed by atoms with Gasteiger partial charge in [-0.25, -0.2) is 0 Å². The van der Waals surface area contributed by atoms with Crippen LogP contribution in [0.1, 0.15) is 34.3 Å². The van der Waals surface area contributed by atoms with Crippen molar-refractivity contribution in [3.63, 3.8) is 0 Å². The van der Waals surface area contributed by atoms with Gasteiger partial charge in [0.2, 0.25) is 5.91 Å². The Morgan fingerprint density at radius 1 is 1.11 bits per heavy atom. The Morgan fingerprint density at radius 2 is 1.78 bits per heavy atom. The second-order valence-electron chi connectivity index (χ2n) is 6.81. The van der Waals surface area contributed by atoms with E-state index in [1.165, 1.54) is 0 Å². The molecule has 0 aromatic heterocycles. The predicted molar refractivity (Wildman–Crippen MR) is 110 cm³/mol. The van der Waals surface area contributed by atoms with Crippen LogP contribution in [0.25, 0.3) is 0 Å². The van der Waals surface area contributed by atoms with Crippen molar-refractivity contribution in [1.82, 2.24) is 4.90 Å². The summed E-state index contributed by atoms with van der Waals surface area (Å²) in [6, 6.07) is 14.5. The number of likely N-dealkylation sites (tertiary alicyclic amines) is 1. The van der Waals surface area contributed by atoms with Gasteiger partial charge in [0.05, 0.1) is 6.04 Å². The Labute approximate surface area is 166 Å². The third-order valence-corrected chi connectivity index (χ3v) is 4.76. The maximum Gasteiger partial charge on any atom is 0.253 e. The molecule has 1 heterocycles. The van der Waals surface area contributed by atoms with Gasteiger partial charge < -0.3 is 16.0 Å². The molecule has 0 spiro atoms. The minimum atomic E-state index is -0.622. The normalized spacial score (nSPS) is 14.4. The van der Waals surface area contributed by atoms with Crippen LogP contribution in [0.2, 0.25) is 0 Å². The molecule has 27 heavy (non-hydrogen) atoms. The molecule has 1 saturated heterocycles. The molecule has 0 saturated carbocycles. The number of hydrogen-bond donors (Lipinski definition) is 2. The zero-order chi connectivity index (χ0) is 18.5. The van der Waals surface area contributed by atoms with Gasteiger partial charge in [-0.2, -0.15) is 0 Å².